The lowest BCUT2D eigenvalue weighted by Crippen LogP contribution is -2.46. The van der Waals surface area contributed by atoms with Crippen LogP contribution in [0.1, 0.15) is 24.0 Å². The van der Waals surface area contributed by atoms with E-state index < -0.39 is 0 Å². The third-order valence-electron chi connectivity index (χ3n) is 6.05. The number of amides is 1. The quantitative estimate of drug-likeness (QED) is 0.536. The molecule has 0 unspecified atom stereocenters. The Morgan fingerprint density at radius 1 is 1.15 bits per heavy atom. The van der Waals surface area contributed by atoms with E-state index in [1.165, 1.54) is 0 Å². The second kappa shape index (κ2) is 9.17. The van der Waals surface area contributed by atoms with Crippen molar-refractivity contribution in [2.24, 2.45) is 11.7 Å². The number of hydrogen-bond donors (Lipinski definition) is 3. The summed E-state index contributed by atoms with van der Waals surface area (Å²) in [5.74, 6) is 1.49. The van der Waals surface area contributed by atoms with Crippen LogP contribution in [0.5, 0.6) is 0 Å². The monoisotopic (exact) mass is 444 g/mol. The lowest BCUT2D eigenvalue weighted by atomic mass is 10.1. The van der Waals surface area contributed by atoms with Gasteiger partial charge in [0.15, 0.2) is 0 Å². The second-order valence-electron chi connectivity index (χ2n) is 8.47. The van der Waals surface area contributed by atoms with Crippen LogP contribution in [0.15, 0.2) is 42.7 Å². The Hall–Kier alpha value is -3.49. The van der Waals surface area contributed by atoms with E-state index in [4.69, 9.17) is 10.5 Å². The highest BCUT2D eigenvalue weighted by molar-refractivity contribution is 6.01. The van der Waals surface area contributed by atoms with Crippen molar-refractivity contribution >= 4 is 46.2 Å². The zero-order valence-corrected chi connectivity index (χ0v) is 18.6. The van der Waals surface area contributed by atoms with E-state index in [9.17, 15) is 4.79 Å². The topological polar surface area (TPSA) is 105 Å². The third-order valence-corrected chi connectivity index (χ3v) is 6.05. The summed E-state index contributed by atoms with van der Waals surface area (Å²) in [7, 11) is 1.84. The molecule has 5 rings (SSSR count). The summed E-state index contributed by atoms with van der Waals surface area (Å²) >= 11 is 0. The first-order valence-corrected chi connectivity index (χ1v) is 11.3. The largest absolute Gasteiger partial charge is 0.373 e. The summed E-state index contributed by atoms with van der Waals surface area (Å²) in [6, 6.07) is 10.3. The average Bonchev–Trinajstić information content (AvgIpc) is 3.68. The van der Waals surface area contributed by atoms with E-state index in [2.05, 4.69) is 55.8 Å². The molecule has 1 aromatic carbocycles. The van der Waals surface area contributed by atoms with Crippen LogP contribution in [-0.2, 0) is 9.53 Å². The molecule has 4 N–H and O–H groups in total. The Kier molecular flexibility index (Phi) is 5.93. The lowest BCUT2D eigenvalue weighted by Gasteiger charge is -2.32. The first-order chi connectivity index (χ1) is 16.1. The van der Waals surface area contributed by atoms with Crippen molar-refractivity contribution in [3.05, 3.63) is 53.9 Å². The summed E-state index contributed by atoms with van der Waals surface area (Å²) in [5.41, 5.74) is 9.09. The summed E-state index contributed by atoms with van der Waals surface area (Å²) < 4.78 is 5.42. The Morgan fingerprint density at radius 3 is 2.70 bits per heavy atom. The van der Waals surface area contributed by atoms with Gasteiger partial charge in [-0.05, 0) is 42.0 Å². The van der Waals surface area contributed by atoms with Crippen LogP contribution in [0.4, 0.5) is 17.3 Å². The minimum absolute atomic E-state index is 0.0446. The predicted octanol–water partition coefficient (Wildman–Crippen LogP) is 3.31. The van der Waals surface area contributed by atoms with Gasteiger partial charge in [-0.2, -0.15) is 0 Å². The van der Waals surface area contributed by atoms with Crippen LogP contribution in [0, 0.1) is 5.92 Å². The molecule has 0 bridgehead atoms. The van der Waals surface area contributed by atoms with Gasteiger partial charge < -0.3 is 26.0 Å². The van der Waals surface area contributed by atoms with Gasteiger partial charge in [0.05, 0.1) is 13.2 Å². The van der Waals surface area contributed by atoms with E-state index in [1.807, 2.05) is 25.4 Å². The first-order valence-electron chi connectivity index (χ1n) is 11.3. The Morgan fingerprint density at radius 2 is 1.97 bits per heavy atom. The van der Waals surface area contributed by atoms with Crippen molar-refractivity contribution in [3.63, 3.8) is 0 Å². The van der Waals surface area contributed by atoms with Gasteiger partial charge in [0, 0.05) is 48.5 Å². The minimum atomic E-state index is -0.242. The zero-order chi connectivity index (χ0) is 22.8. The number of hydrogen-bond acceptors (Lipinski definition) is 7. The molecule has 2 aliphatic rings. The number of nitrogens with zero attached hydrogens (tertiary/aromatic N) is 3. The minimum Gasteiger partial charge on any atom is -0.373 e. The van der Waals surface area contributed by atoms with Crippen LogP contribution in [0.25, 0.3) is 22.9 Å². The van der Waals surface area contributed by atoms with Crippen molar-refractivity contribution in [1.29, 1.82) is 0 Å². The molecule has 0 radical (unpaired) electrons. The molecule has 1 aliphatic heterocycles. The van der Waals surface area contributed by atoms with Gasteiger partial charge in [0.2, 0.25) is 5.91 Å². The Labute approximate surface area is 192 Å². The van der Waals surface area contributed by atoms with E-state index >= 15 is 0 Å². The molecular weight excluding hydrogens is 416 g/mol. The number of carbonyl (C=O) groups is 1. The fourth-order valence-corrected chi connectivity index (χ4v) is 4.02. The number of morpholine rings is 1. The molecule has 1 atom stereocenters. The van der Waals surface area contributed by atoms with Crippen molar-refractivity contribution in [1.82, 2.24) is 9.97 Å². The maximum Gasteiger partial charge on any atom is 0.228 e. The van der Waals surface area contributed by atoms with E-state index in [1.54, 1.807) is 6.20 Å². The molecule has 3 heterocycles. The van der Waals surface area contributed by atoms with Crippen molar-refractivity contribution < 1.29 is 9.53 Å². The number of rotatable bonds is 6. The number of aromatic nitrogens is 2. The smallest absolute Gasteiger partial charge is 0.228 e. The molecular formula is C25H28N6O2. The number of pyridine rings is 2. The van der Waals surface area contributed by atoms with Crippen LogP contribution >= 0.6 is 0 Å². The molecule has 33 heavy (non-hydrogen) atoms. The summed E-state index contributed by atoms with van der Waals surface area (Å²) in [6.45, 7) is 2.17. The van der Waals surface area contributed by atoms with Crippen molar-refractivity contribution in [3.8, 4) is 0 Å². The third kappa shape index (κ3) is 4.81. The van der Waals surface area contributed by atoms with E-state index in [-0.39, 0.29) is 18.1 Å². The molecule has 1 aliphatic carbocycles. The molecule has 170 valence electrons. The van der Waals surface area contributed by atoms with Crippen LogP contribution in [-0.4, -0.2) is 48.8 Å². The summed E-state index contributed by atoms with van der Waals surface area (Å²) in [4.78, 5) is 23.4. The predicted molar refractivity (Wildman–Crippen MR) is 132 cm³/mol. The van der Waals surface area contributed by atoms with Gasteiger partial charge in [0.25, 0.3) is 0 Å². The molecule has 2 aromatic heterocycles. The summed E-state index contributed by atoms with van der Waals surface area (Å²) in [6.07, 6.45) is 9.37. The maximum absolute atomic E-state index is 12.2. The number of ether oxygens (including phenoxy) is 1. The van der Waals surface area contributed by atoms with Crippen LogP contribution in [0.3, 0.4) is 0 Å². The van der Waals surface area contributed by atoms with Gasteiger partial charge >= 0.3 is 0 Å². The second-order valence-corrected chi connectivity index (χ2v) is 8.47. The maximum atomic E-state index is 12.2. The Balaban J connectivity index is 1.39. The Bertz CT molecular complexity index is 1190. The highest BCUT2D eigenvalue weighted by Gasteiger charge is 2.29. The van der Waals surface area contributed by atoms with Crippen molar-refractivity contribution in [2.45, 2.75) is 19.1 Å². The van der Waals surface area contributed by atoms with Crippen LogP contribution in [0.2, 0.25) is 0 Å². The first kappa shape index (κ1) is 21.4. The number of anilines is 3. The number of fused-ring (bicyclic) bond motifs is 1. The highest BCUT2D eigenvalue weighted by atomic mass is 16.5. The van der Waals surface area contributed by atoms with E-state index in [0.29, 0.717) is 19.0 Å². The van der Waals surface area contributed by atoms with Gasteiger partial charge in [-0.25, -0.2) is 9.97 Å². The molecule has 1 saturated carbocycles. The lowest BCUT2D eigenvalue weighted by molar-refractivity contribution is -0.117. The number of carbonyl (C=O) groups excluding carboxylic acids is 1. The normalized spacial score (nSPS) is 18.6. The molecule has 8 nitrogen and oxygen atoms in total. The van der Waals surface area contributed by atoms with Crippen molar-refractivity contribution in [2.75, 3.05) is 42.3 Å². The SMILES string of the molecule is CNc1ncc(/C=C/c2ccc(N3CCO[C@@H](N)C3)cc2)c2cc(NC(=O)C3CC3)ncc12. The molecule has 0 spiro atoms. The summed E-state index contributed by atoms with van der Waals surface area (Å²) in [5, 5.41) is 7.94. The molecule has 2 fully saturated rings. The molecule has 1 saturated heterocycles. The van der Waals surface area contributed by atoms with Gasteiger partial charge in [-0.3, -0.25) is 4.79 Å². The van der Waals surface area contributed by atoms with E-state index in [0.717, 1.165) is 52.8 Å². The number of benzene rings is 1. The molecule has 3 aromatic rings. The van der Waals surface area contributed by atoms with Gasteiger partial charge in [-0.15, -0.1) is 0 Å². The van der Waals surface area contributed by atoms with Gasteiger partial charge in [-0.1, -0.05) is 24.3 Å². The average molecular weight is 445 g/mol. The fourth-order valence-electron chi connectivity index (χ4n) is 4.02. The zero-order valence-electron chi connectivity index (χ0n) is 18.6. The molecule has 8 heteroatoms. The number of nitrogens with one attached hydrogen (secondary N) is 2. The fraction of sp³-hybridized carbons (Fsp3) is 0.320. The number of nitrogens with two attached hydrogens (primary N) is 1. The van der Waals surface area contributed by atoms with Crippen LogP contribution < -0.4 is 21.3 Å². The standard InChI is InChI=1S/C25H28N6O2/c1-27-24-21-14-28-23(30-25(32)17-6-7-17)12-20(21)18(13-29-24)5-2-16-3-8-19(9-4-16)31-10-11-33-22(26)15-31/h2-5,8-9,12-14,17,22H,6-7,10-11,15,26H2,1H3,(H,27,29)(H,28,30,32)/b5-2+/t22-/m1/s1. The van der Waals surface area contributed by atoms with Gasteiger partial charge in [0.1, 0.15) is 17.9 Å². The molecule has 1 amide bonds. The highest BCUT2D eigenvalue weighted by Crippen LogP contribution is 2.31.